The van der Waals surface area contributed by atoms with Crippen LogP contribution in [0.5, 0.6) is 5.75 Å². The van der Waals surface area contributed by atoms with Crippen molar-refractivity contribution in [1.29, 1.82) is 0 Å². The van der Waals surface area contributed by atoms with Gasteiger partial charge in [0.05, 0.1) is 17.0 Å². The van der Waals surface area contributed by atoms with Crippen molar-refractivity contribution in [3.8, 4) is 5.75 Å². The lowest BCUT2D eigenvalue weighted by atomic mass is 9.72. The van der Waals surface area contributed by atoms with Crippen LogP contribution in [0, 0.1) is 6.92 Å². The molecule has 204 valence electrons. The second-order valence-electron chi connectivity index (χ2n) is 10.2. The first-order valence-corrected chi connectivity index (χ1v) is 15.0. The maximum absolute atomic E-state index is 13.1. The van der Waals surface area contributed by atoms with E-state index < -0.39 is 21.3 Å². The number of sulfone groups is 1. The number of nitrogens with zero attached hydrogens (tertiary/aromatic N) is 1. The molecule has 3 aromatic rings. The Morgan fingerprint density at radius 3 is 2.29 bits per heavy atom. The summed E-state index contributed by atoms with van der Waals surface area (Å²) in [5.74, 6) is -0.0690. The second-order valence-corrected chi connectivity index (χ2v) is 12.1. The highest BCUT2D eigenvalue weighted by Gasteiger charge is 2.44. The molecule has 0 aliphatic heterocycles. The Balaban J connectivity index is 1.62. The molecule has 8 heteroatoms. The normalized spacial score (nSPS) is 14.8. The number of rotatable bonds is 12. The summed E-state index contributed by atoms with van der Waals surface area (Å²) in [4.78, 5) is 13.4. The minimum atomic E-state index is -3.57. The van der Waals surface area contributed by atoms with Gasteiger partial charge in [0.1, 0.15) is 11.4 Å². The Labute approximate surface area is 225 Å². The molecule has 1 aliphatic rings. The molecule has 38 heavy (non-hydrogen) atoms. The van der Waals surface area contributed by atoms with E-state index in [-0.39, 0.29) is 22.8 Å². The first-order valence-electron chi connectivity index (χ1n) is 13.3. The molecule has 1 aromatic heterocycles. The van der Waals surface area contributed by atoms with Crippen molar-refractivity contribution < 1.29 is 23.1 Å². The fraction of sp³-hybridized carbons (Fsp3) is 0.433. The number of aliphatic hydroxyl groups excluding tert-OH is 1. The highest BCUT2D eigenvalue weighted by Crippen LogP contribution is 2.41. The summed E-state index contributed by atoms with van der Waals surface area (Å²) in [5.41, 5.74) is 2.77. The van der Waals surface area contributed by atoms with Crippen LogP contribution in [0.2, 0.25) is 0 Å². The van der Waals surface area contributed by atoms with E-state index in [2.05, 4.69) is 29.8 Å². The highest BCUT2D eigenvalue weighted by molar-refractivity contribution is 7.91. The van der Waals surface area contributed by atoms with Gasteiger partial charge < -0.3 is 19.7 Å². The number of amides is 1. The molecule has 1 aliphatic carbocycles. The van der Waals surface area contributed by atoms with Crippen LogP contribution in [-0.2, 0) is 21.8 Å². The molecule has 1 amide bonds. The number of aliphatic hydroxyl groups is 1. The minimum Gasteiger partial charge on any atom is -0.477 e. The van der Waals surface area contributed by atoms with Crippen LogP contribution < -0.4 is 10.1 Å². The van der Waals surface area contributed by atoms with Gasteiger partial charge in [0.25, 0.3) is 5.91 Å². The van der Waals surface area contributed by atoms with Gasteiger partial charge in [0, 0.05) is 17.7 Å². The predicted octanol–water partition coefficient (Wildman–Crippen LogP) is 4.99. The van der Waals surface area contributed by atoms with Gasteiger partial charge in [0.15, 0.2) is 5.94 Å². The Bertz CT molecular complexity index is 1390. The topological polar surface area (TPSA) is 97.6 Å². The lowest BCUT2D eigenvalue weighted by Crippen LogP contribution is -2.40. The van der Waals surface area contributed by atoms with Gasteiger partial charge in [-0.3, -0.25) is 4.79 Å². The number of hydrogen-bond donors (Lipinski definition) is 2. The first-order chi connectivity index (χ1) is 18.1. The molecule has 0 radical (unpaired) electrons. The van der Waals surface area contributed by atoms with Gasteiger partial charge in [-0.1, -0.05) is 44.2 Å². The third kappa shape index (κ3) is 5.24. The molecule has 7 nitrogen and oxygen atoms in total. The SMILES string of the molecule is CCn1c(C(=O)NC2(CO)CC2)ccc1C(CC)(CC)c1ccc(OCS(=O)(=O)c2ccccc2)c(C)c1. The second kappa shape index (κ2) is 10.9. The minimum absolute atomic E-state index is 0.0490. The lowest BCUT2D eigenvalue weighted by molar-refractivity contribution is 0.0896. The third-order valence-electron chi connectivity index (χ3n) is 7.96. The molecular formula is C30H38N2O5S. The third-order valence-corrected chi connectivity index (χ3v) is 9.38. The van der Waals surface area contributed by atoms with Crippen molar-refractivity contribution in [2.75, 3.05) is 12.5 Å². The van der Waals surface area contributed by atoms with Crippen LogP contribution in [0.4, 0.5) is 0 Å². The van der Waals surface area contributed by atoms with Gasteiger partial charge >= 0.3 is 0 Å². The van der Waals surface area contributed by atoms with E-state index in [0.717, 1.165) is 42.5 Å². The summed E-state index contributed by atoms with van der Waals surface area (Å²) < 4.78 is 33.2. The van der Waals surface area contributed by atoms with Crippen molar-refractivity contribution in [1.82, 2.24) is 9.88 Å². The van der Waals surface area contributed by atoms with Crippen LogP contribution in [0.1, 0.15) is 73.8 Å². The van der Waals surface area contributed by atoms with E-state index in [9.17, 15) is 18.3 Å². The molecule has 0 bridgehead atoms. The molecule has 4 rings (SSSR count). The standard InChI is InChI=1S/C30H38N2O5S/c1-5-30(6-2,27-16-14-25(32(27)7-3)28(34)31-29(20-33)17-18-29)23-13-15-26(22(4)19-23)37-21-38(35,36)24-11-9-8-10-12-24/h8-16,19,33H,5-7,17-18,20-21H2,1-4H3,(H,31,34). The van der Waals surface area contributed by atoms with E-state index in [1.165, 1.54) is 0 Å². The maximum atomic E-state index is 13.1. The average Bonchev–Trinajstić information content (AvgIpc) is 3.57. The smallest absolute Gasteiger partial charge is 0.268 e. The zero-order valence-corrected chi connectivity index (χ0v) is 23.5. The van der Waals surface area contributed by atoms with Crippen molar-refractivity contribution in [2.24, 2.45) is 0 Å². The van der Waals surface area contributed by atoms with Crippen molar-refractivity contribution in [3.63, 3.8) is 0 Å². The molecule has 1 heterocycles. The maximum Gasteiger partial charge on any atom is 0.268 e. The molecule has 0 atom stereocenters. The fourth-order valence-corrected chi connectivity index (χ4v) is 6.31. The number of hydrogen-bond acceptors (Lipinski definition) is 5. The van der Waals surface area contributed by atoms with Crippen LogP contribution in [-0.4, -0.2) is 42.1 Å². The van der Waals surface area contributed by atoms with Crippen molar-refractivity contribution >= 4 is 15.7 Å². The number of aryl methyl sites for hydroxylation is 1. The molecule has 0 unspecified atom stereocenters. The van der Waals surface area contributed by atoms with Crippen LogP contribution in [0.25, 0.3) is 0 Å². The van der Waals surface area contributed by atoms with Crippen LogP contribution in [0.3, 0.4) is 0 Å². The Kier molecular flexibility index (Phi) is 8.04. The van der Waals surface area contributed by atoms with Crippen LogP contribution >= 0.6 is 0 Å². The summed E-state index contributed by atoms with van der Waals surface area (Å²) in [5, 5.41) is 12.7. The zero-order chi connectivity index (χ0) is 27.6. The first kappa shape index (κ1) is 27.9. The molecular weight excluding hydrogens is 500 g/mol. The Hall–Kier alpha value is -3.10. The monoisotopic (exact) mass is 538 g/mol. The number of nitrogens with one attached hydrogen (secondary N) is 1. The number of carbonyl (C=O) groups excluding carboxylic acids is 1. The molecule has 2 N–H and O–H groups in total. The summed E-state index contributed by atoms with van der Waals surface area (Å²) in [7, 11) is -3.57. The molecule has 1 fully saturated rings. The van der Waals surface area contributed by atoms with Gasteiger partial charge in [-0.05, 0) is 81.0 Å². The molecule has 2 aromatic carbocycles. The number of aromatic nitrogens is 1. The lowest BCUT2D eigenvalue weighted by Gasteiger charge is -2.34. The van der Waals surface area contributed by atoms with Gasteiger partial charge in [0.2, 0.25) is 9.84 Å². The average molecular weight is 539 g/mol. The van der Waals surface area contributed by atoms with Gasteiger partial charge in [-0.15, -0.1) is 0 Å². The molecule has 0 saturated heterocycles. The molecule has 0 spiro atoms. The highest BCUT2D eigenvalue weighted by atomic mass is 32.2. The largest absolute Gasteiger partial charge is 0.477 e. The number of benzene rings is 2. The van der Waals surface area contributed by atoms with E-state index in [0.29, 0.717) is 18.0 Å². The van der Waals surface area contributed by atoms with E-state index in [1.54, 1.807) is 30.3 Å². The molecule has 1 saturated carbocycles. The Morgan fingerprint density at radius 1 is 1.05 bits per heavy atom. The quantitative estimate of drug-likeness (QED) is 0.339. The Morgan fingerprint density at radius 2 is 1.74 bits per heavy atom. The zero-order valence-electron chi connectivity index (χ0n) is 22.7. The van der Waals surface area contributed by atoms with Crippen molar-refractivity contribution in [3.05, 3.63) is 83.2 Å². The number of carbonyl (C=O) groups is 1. The fourth-order valence-electron chi connectivity index (χ4n) is 5.32. The summed E-state index contributed by atoms with van der Waals surface area (Å²) in [6.45, 7) is 8.83. The van der Waals surface area contributed by atoms with E-state index >= 15 is 0 Å². The van der Waals surface area contributed by atoms with Gasteiger partial charge in [-0.2, -0.15) is 0 Å². The number of ether oxygens (including phenoxy) is 1. The van der Waals surface area contributed by atoms with Crippen molar-refractivity contribution in [2.45, 2.75) is 75.8 Å². The van der Waals surface area contributed by atoms with Crippen LogP contribution in [0.15, 0.2) is 65.6 Å². The van der Waals surface area contributed by atoms with E-state index in [4.69, 9.17) is 4.74 Å². The summed E-state index contributed by atoms with van der Waals surface area (Å²) in [6, 6.07) is 18.1. The summed E-state index contributed by atoms with van der Waals surface area (Å²) >= 11 is 0. The predicted molar refractivity (Wildman–Crippen MR) is 148 cm³/mol. The summed E-state index contributed by atoms with van der Waals surface area (Å²) in [6.07, 6.45) is 3.22. The van der Waals surface area contributed by atoms with E-state index in [1.807, 2.05) is 38.1 Å². The van der Waals surface area contributed by atoms with Gasteiger partial charge in [-0.25, -0.2) is 8.42 Å².